The van der Waals surface area contributed by atoms with Gasteiger partial charge >= 0.3 is 5.97 Å². The van der Waals surface area contributed by atoms with Crippen LogP contribution in [0.4, 0.5) is 0 Å². The zero-order valence-corrected chi connectivity index (χ0v) is 11.0. The Hall–Kier alpha value is -1.79. The standard InChI is InChI=1S/C12H7ClN2O3S/c13-6-1-2-9-7(3-6)15-8(12(17)18)4-11(16)14-10(15)5-19-9/h1-4H,5H2,(H,17,18). The van der Waals surface area contributed by atoms with Crippen LogP contribution in [0.1, 0.15) is 16.3 Å². The highest BCUT2D eigenvalue weighted by atomic mass is 35.5. The lowest BCUT2D eigenvalue weighted by molar-refractivity contribution is 0.0686. The molecule has 19 heavy (non-hydrogen) atoms. The number of rotatable bonds is 1. The second-order valence-corrected chi connectivity index (χ2v) is 5.39. The first kappa shape index (κ1) is 12.3. The predicted molar refractivity (Wildman–Crippen MR) is 71.4 cm³/mol. The van der Waals surface area contributed by atoms with Crippen molar-refractivity contribution in [1.82, 2.24) is 9.55 Å². The monoisotopic (exact) mass is 294 g/mol. The van der Waals surface area contributed by atoms with Crippen LogP contribution < -0.4 is 5.56 Å². The number of thioether (sulfide) groups is 1. The Kier molecular flexibility index (Phi) is 2.83. The number of carboxylic acids is 1. The molecule has 0 amide bonds. The molecule has 0 saturated carbocycles. The van der Waals surface area contributed by atoms with Gasteiger partial charge in [0.1, 0.15) is 11.5 Å². The second-order valence-electron chi connectivity index (χ2n) is 3.94. The van der Waals surface area contributed by atoms with Gasteiger partial charge < -0.3 is 5.11 Å². The first-order valence-corrected chi connectivity index (χ1v) is 6.71. The van der Waals surface area contributed by atoms with Crippen molar-refractivity contribution in [3.8, 4) is 5.69 Å². The van der Waals surface area contributed by atoms with Crippen molar-refractivity contribution in [2.45, 2.75) is 10.6 Å². The summed E-state index contributed by atoms with van der Waals surface area (Å²) in [5, 5.41) is 9.73. The molecular formula is C12H7ClN2O3S. The molecule has 7 heteroatoms. The molecule has 2 heterocycles. The lowest BCUT2D eigenvalue weighted by Gasteiger charge is -2.22. The van der Waals surface area contributed by atoms with Crippen molar-refractivity contribution in [2.75, 3.05) is 0 Å². The van der Waals surface area contributed by atoms with E-state index in [9.17, 15) is 14.7 Å². The number of benzene rings is 1. The van der Waals surface area contributed by atoms with Crippen LogP contribution in [-0.2, 0) is 5.75 Å². The summed E-state index contributed by atoms with van der Waals surface area (Å²) in [5.74, 6) is -0.298. The maximum atomic E-state index is 11.4. The number of aromatic nitrogens is 2. The molecule has 0 fully saturated rings. The third-order valence-electron chi connectivity index (χ3n) is 2.74. The van der Waals surface area contributed by atoms with E-state index in [4.69, 9.17) is 11.6 Å². The first-order chi connectivity index (χ1) is 9.06. The maximum absolute atomic E-state index is 11.4. The van der Waals surface area contributed by atoms with Gasteiger partial charge in [0.15, 0.2) is 0 Å². The molecule has 1 N–H and O–H groups in total. The van der Waals surface area contributed by atoms with E-state index >= 15 is 0 Å². The van der Waals surface area contributed by atoms with Crippen molar-refractivity contribution in [3.63, 3.8) is 0 Å². The Bertz CT molecular complexity index is 757. The minimum atomic E-state index is -1.17. The predicted octanol–water partition coefficient (Wildman–Crippen LogP) is 2.19. The number of hydrogen-bond acceptors (Lipinski definition) is 4. The van der Waals surface area contributed by atoms with Gasteiger partial charge in [0.25, 0.3) is 5.56 Å². The molecule has 0 unspecified atom stereocenters. The van der Waals surface area contributed by atoms with Crippen LogP contribution in [0.3, 0.4) is 0 Å². The molecule has 1 aromatic carbocycles. The van der Waals surface area contributed by atoms with Crippen LogP contribution in [0.25, 0.3) is 5.69 Å². The van der Waals surface area contributed by atoms with Gasteiger partial charge in [-0.15, -0.1) is 11.8 Å². The largest absolute Gasteiger partial charge is 0.477 e. The Labute approximate surface area is 116 Å². The summed E-state index contributed by atoms with van der Waals surface area (Å²) in [6.45, 7) is 0. The molecule has 96 valence electrons. The fraction of sp³-hybridized carbons (Fsp3) is 0.0833. The molecule has 5 nitrogen and oxygen atoms in total. The molecule has 3 rings (SSSR count). The quantitative estimate of drug-likeness (QED) is 0.873. The van der Waals surface area contributed by atoms with E-state index in [-0.39, 0.29) is 5.69 Å². The highest BCUT2D eigenvalue weighted by Crippen LogP contribution is 2.36. The third-order valence-corrected chi connectivity index (χ3v) is 4.03. The number of hydrogen-bond donors (Lipinski definition) is 1. The summed E-state index contributed by atoms with van der Waals surface area (Å²) in [7, 11) is 0. The van der Waals surface area contributed by atoms with Crippen LogP contribution in [0.2, 0.25) is 5.02 Å². The lowest BCUT2D eigenvalue weighted by atomic mass is 10.2. The maximum Gasteiger partial charge on any atom is 0.353 e. The van der Waals surface area contributed by atoms with Gasteiger partial charge in [-0.1, -0.05) is 11.6 Å². The average molecular weight is 295 g/mol. The number of fused-ring (bicyclic) bond motifs is 3. The molecule has 1 aliphatic rings. The molecule has 1 aliphatic heterocycles. The molecule has 1 aromatic heterocycles. The SMILES string of the molecule is O=C(O)c1cc(=O)nc2n1-c1cc(Cl)ccc1SC2. The minimum Gasteiger partial charge on any atom is -0.477 e. The molecule has 0 bridgehead atoms. The van der Waals surface area contributed by atoms with Crippen molar-refractivity contribution < 1.29 is 9.90 Å². The van der Waals surface area contributed by atoms with Gasteiger partial charge in [-0.2, -0.15) is 4.98 Å². The Morgan fingerprint density at radius 3 is 2.95 bits per heavy atom. The molecule has 0 spiro atoms. The van der Waals surface area contributed by atoms with Crippen LogP contribution in [0.15, 0.2) is 34.0 Å². The number of aromatic carboxylic acids is 1. The fourth-order valence-corrected chi connectivity index (χ4v) is 3.09. The van der Waals surface area contributed by atoms with E-state index in [1.54, 1.807) is 12.1 Å². The number of carbonyl (C=O) groups is 1. The topological polar surface area (TPSA) is 72.2 Å². The third kappa shape index (κ3) is 2.02. The summed E-state index contributed by atoms with van der Waals surface area (Å²) < 4.78 is 1.47. The Balaban J connectivity index is 2.38. The lowest BCUT2D eigenvalue weighted by Crippen LogP contribution is -2.24. The second kappa shape index (κ2) is 4.40. The van der Waals surface area contributed by atoms with Crippen LogP contribution in [0.5, 0.6) is 0 Å². The van der Waals surface area contributed by atoms with E-state index in [0.717, 1.165) is 11.0 Å². The van der Waals surface area contributed by atoms with E-state index in [2.05, 4.69) is 4.98 Å². The zero-order chi connectivity index (χ0) is 13.6. The van der Waals surface area contributed by atoms with E-state index in [1.807, 2.05) is 6.07 Å². The van der Waals surface area contributed by atoms with Gasteiger partial charge in [0.05, 0.1) is 11.4 Å². The molecule has 2 aromatic rings. The summed E-state index contributed by atoms with van der Waals surface area (Å²) in [6, 6.07) is 6.27. The first-order valence-electron chi connectivity index (χ1n) is 5.35. The summed E-state index contributed by atoms with van der Waals surface area (Å²) in [5.41, 5.74) is -0.00260. The molecule has 0 atom stereocenters. The van der Waals surface area contributed by atoms with Crippen LogP contribution in [-0.4, -0.2) is 20.6 Å². The summed E-state index contributed by atoms with van der Waals surface area (Å²) in [4.78, 5) is 27.5. The van der Waals surface area contributed by atoms with Crippen molar-refractivity contribution in [2.24, 2.45) is 0 Å². The van der Waals surface area contributed by atoms with Crippen LogP contribution in [0, 0.1) is 0 Å². The van der Waals surface area contributed by atoms with Crippen molar-refractivity contribution in [3.05, 3.63) is 51.2 Å². The molecule has 0 saturated heterocycles. The number of carboxylic acid groups (broad SMARTS) is 1. The highest BCUT2D eigenvalue weighted by Gasteiger charge is 2.23. The number of nitrogens with zero attached hydrogens (tertiary/aromatic N) is 2. The van der Waals surface area contributed by atoms with E-state index < -0.39 is 11.5 Å². The van der Waals surface area contributed by atoms with Gasteiger partial charge in [-0.25, -0.2) is 4.79 Å². The minimum absolute atomic E-state index is 0.0983. The van der Waals surface area contributed by atoms with Gasteiger partial charge in [-0.05, 0) is 18.2 Å². The Morgan fingerprint density at radius 2 is 2.21 bits per heavy atom. The highest BCUT2D eigenvalue weighted by molar-refractivity contribution is 7.98. The van der Waals surface area contributed by atoms with Gasteiger partial charge in [0, 0.05) is 16.0 Å². The van der Waals surface area contributed by atoms with Gasteiger partial charge in [-0.3, -0.25) is 9.36 Å². The van der Waals surface area contributed by atoms with E-state index in [1.165, 1.54) is 16.3 Å². The smallest absolute Gasteiger partial charge is 0.353 e. The van der Waals surface area contributed by atoms with Crippen molar-refractivity contribution in [1.29, 1.82) is 0 Å². The van der Waals surface area contributed by atoms with Gasteiger partial charge in [0.2, 0.25) is 0 Å². The zero-order valence-electron chi connectivity index (χ0n) is 9.46. The fourth-order valence-electron chi connectivity index (χ4n) is 1.98. The average Bonchev–Trinajstić information content (AvgIpc) is 2.36. The van der Waals surface area contributed by atoms with Crippen LogP contribution >= 0.6 is 23.4 Å². The van der Waals surface area contributed by atoms with E-state index in [0.29, 0.717) is 22.3 Å². The normalized spacial score (nSPS) is 12.7. The molecule has 0 aliphatic carbocycles. The summed E-state index contributed by atoms with van der Waals surface area (Å²) >= 11 is 7.45. The summed E-state index contributed by atoms with van der Waals surface area (Å²) in [6.07, 6.45) is 0. The number of halogens is 1. The van der Waals surface area contributed by atoms with Crippen molar-refractivity contribution >= 4 is 29.3 Å². The molecule has 0 radical (unpaired) electrons. The Morgan fingerprint density at radius 1 is 1.42 bits per heavy atom. The molecular weight excluding hydrogens is 288 g/mol.